The number of nitrogens with zero attached hydrogens (tertiary/aromatic N) is 2. The summed E-state index contributed by atoms with van der Waals surface area (Å²) in [5.74, 6) is -3.84. The van der Waals surface area contributed by atoms with E-state index in [9.17, 15) is 28.3 Å². The van der Waals surface area contributed by atoms with Crippen LogP contribution in [0.4, 0.5) is 14.5 Å². The second kappa shape index (κ2) is 7.80. The van der Waals surface area contributed by atoms with E-state index in [4.69, 9.17) is 0 Å². The van der Waals surface area contributed by atoms with Crippen LogP contribution in [-0.4, -0.2) is 28.0 Å². The van der Waals surface area contributed by atoms with Crippen LogP contribution in [0.25, 0.3) is 0 Å². The standard InChI is InChI=1S/C23H19F2N3O4S/c1-11-6-15(24)13(16(25)7-11)8-26-22(31)14-10-27-12-2-3-18-17(4-5-33-18)28(9-12)23(32)19(27)21(30)20(14)29/h4-7,10,12,30H,2-3,8-9H2,1H3,(H,26,31)/t12-/m0/s1. The quantitative estimate of drug-likeness (QED) is 0.613. The van der Waals surface area contributed by atoms with E-state index in [1.54, 1.807) is 11.8 Å². The smallest absolute Gasteiger partial charge is 0.279 e. The molecule has 170 valence electrons. The van der Waals surface area contributed by atoms with Crippen LogP contribution in [0, 0.1) is 18.6 Å². The molecule has 0 saturated heterocycles. The Hall–Kier alpha value is -3.53. The Balaban J connectivity index is 1.49. The number of hydrogen-bond acceptors (Lipinski definition) is 5. The molecule has 0 saturated carbocycles. The van der Waals surface area contributed by atoms with Gasteiger partial charge in [0, 0.05) is 29.7 Å². The highest BCUT2D eigenvalue weighted by atomic mass is 32.1. The maximum atomic E-state index is 14.1. The third-order valence-corrected chi connectivity index (χ3v) is 7.09. The molecule has 2 amide bonds. The third kappa shape index (κ3) is 3.41. The molecule has 0 fully saturated rings. The molecule has 7 nitrogen and oxygen atoms in total. The van der Waals surface area contributed by atoms with E-state index < -0.39 is 46.7 Å². The first-order valence-electron chi connectivity index (χ1n) is 10.3. The Morgan fingerprint density at radius 3 is 2.73 bits per heavy atom. The number of aromatic nitrogens is 1. The predicted octanol–water partition coefficient (Wildman–Crippen LogP) is 3.28. The molecule has 0 aliphatic carbocycles. The third-order valence-electron chi connectivity index (χ3n) is 6.12. The van der Waals surface area contributed by atoms with Crippen LogP contribution in [0.15, 0.2) is 34.6 Å². The molecular formula is C23H19F2N3O4S. The zero-order valence-electron chi connectivity index (χ0n) is 17.5. The van der Waals surface area contributed by atoms with E-state index in [1.165, 1.54) is 22.1 Å². The van der Waals surface area contributed by atoms with E-state index in [2.05, 4.69) is 5.32 Å². The van der Waals surface area contributed by atoms with Gasteiger partial charge in [0.05, 0.1) is 11.7 Å². The van der Waals surface area contributed by atoms with Gasteiger partial charge in [-0.05, 0) is 48.9 Å². The lowest BCUT2D eigenvalue weighted by Gasteiger charge is -2.34. The summed E-state index contributed by atoms with van der Waals surface area (Å²) in [5, 5.41) is 14.9. The molecule has 0 radical (unpaired) electrons. The number of nitrogens with one attached hydrogen (secondary N) is 1. The van der Waals surface area contributed by atoms with Gasteiger partial charge in [0.15, 0.2) is 11.4 Å². The SMILES string of the molecule is Cc1cc(F)c(CNC(=O)c2cn3c(c(O)c2=O)C(=O)N2C[C@@H]3CCc3sccc32)c(F)c1. The number of aromatic hydroxyl groups is 1. The minimum atomic E-state index is -1.01. The second-order valence-electron chi connectivity index (χ2n) is 8.20. The van der Waals surface area contributed by atoms with Crippen LogP contribution in [0.3, 0.4) is 0 Å². The molecule has 0 unspecified atom stereocenters. The van der Waals surface area contributed by atoms with Crippen LogP contribution >= 0.6 is 11.3 Å². The Morgan fingerprint density at radius 1 is 1.27 bits per heavy atom. The molecule has 4 heterocycles. The summed E-state index contributed by atoms with van der Waals surface area (Å²) in [6.07, 6.45) is 2.61. The van der Waals surface area contributed by atoms with Crippen LogP contribution in [-0.2, 0) is 13.0 Å². The molecule has 1 aromatic carbocycles. The van der Waals surface area contributed by atoms with Crippen molar-refractivity contribution in [3.63, 3.8) is 0 Å². The van der Waals surface area contributed by atoms with Crippen molar-refractivity contribution in [1.82, 2.24) is 9.88 Å². The van der Waals surface area contributed by atoms with E-state index >= 15 is 0 Å². The number of pyridine rings is 1. The monoisotopic (exact) mass is 471 g/mol. The van der Waals surface area contributed by atoms with Crippen LogP contribution < -0.4 is 15.6 Å². The van der Waals surface area contributed by atoms with Crippen molar-refractivity contribution in [1.29, 1.82) is 0 Å². The summed E-state index contributed by atoms with van der Waals surface area (Å²) in [6, 6.07) is 3.89. The summed E-state index contributed by atoms with van der Waals surface area (Å²) in [7, 11) is 0. The predicted molar refractivity (Wildman–Crippen MR) is 118 cm³/mol. The zero-order chi connectivity index (χ0) is 23.4. The number of benzene rings is 1. The van der Waals surface area contributed by atoms with E-state index in [-0.39, 0.29) is 17.3 Å². The molecule has 2 aliphatic rings. The molecule has 33 heavy (non-hydrogen) atoms. The molecule has 10 heteroatoms. The average Bonchev–Trinajstić information content (AvgIpc) is 3.16. The Labute approximate surface area is 190 Å². The molecule has 0 spiro atoms. The largest absolute Gasteiger partial charge is 0.503 e. The molecule has 3 aromatic rings. The van der Waals surface area contributed by atoms with E-state index in [0.717, 1.165) is 22.7 Å². The van der Waals surface area contributed by atoms with Crippen molar-refractivity contribution in [2.45, 2.75) is 32.4 Å². The van der Waals surface area contributed by atoms with Gasteiger partial charge in [-0.15, -0.1) is 11.3 Å². The lowest BCUT2D eigenvalue weighted by Crippen LogP contribution is -2.44. The molecule has 2 N–H and O–H groups in total. The summed E-state index contributed by atoms with van der Waals surface area (Å²) >= 11 is 1.54. The van der Waals surface area contributed by atoms with Crippen molar-refractivity contribution in [2.24, 2.45) is 0 Å². The summed E-state index contributed by atoms with van der Waals surface area (Å²) in [4.78, 5) is 41.3. The fourth-order valence-electron chi connectivity index (χ4n) is 4.45. The first-order valence-corrected chi connectivity index (χ1v) is 11.2. The number of halogens is 2. The number of carbonyl (C=O) groups excluding carboxylic acids is 2. The highest BCUT2D eigenvalue weighted by Gasteiger charge is 2.38. The number of fused-ring (bicyclic) bond motifs is 6. The summed E-state index contributed by atoms with van der Waals surface area (Å²) in [6.45, 7) is 1.41. The van der Waals surface area contributed by atoms with Crippen molar-refractivity contribution in [3.8, 4) is 5.75 Å². The molecular weight excluding hydrogens is 452 g/mol. The van der Waals surface area contributed by atoms with Gasteiger partial charge in [-0.1, -0.05) is 0 Å². The maximum Gasteiger partial charge on any atom is 0.279 e. The number of hydrogen-bond donors (Lipinski definition) is 2. The molecule has 1 atom stereocenters. The molecule has 2 aromatic heterocycles. The van der Waals surface area contributed by atoms with Crippen LogP contribution in [0.5, 0.6) is 5.75 Å². The van der Waals surface area contributed by atoms with E-state index in [0.29, 0.717) is 24.9 Å². The Bertz CT molecular complexity index is 1360. The van der Waals surface area contributed by atoms with E-state index in [1.807, 2.05) is 11.4 Å². The van der Waals surface area contributed by atoms with Gasteiger partial charge in [0.25, 0.3) is 11.8 Å². The van der Waals surface area contributed by atoms with Crippen molar-refractivity contribution in [2.75, 3.05) is 11.4 Å². The minimum absolute atomic E-state index is 0.164. The number of rotatable bonds is 3. The van der Waals surface area contributed by atoms with Gasteiger partial charge in [0.2, 0.25) is 5.43 Å². The Morgan fingerprint density at radius 2 is 2.00 bits per heavy atom. The van der Waals surface area contributed by atoms with Gasteiger partial charge in [-0.3, -0.25) is 14.4 Å². The molecule has 2 bridgehead atoms. The fourth-order valence-corrected chi connectivity index (χ4v) is 5.35. The maximum absolute atomic E-state index is 14.1. The van der Waals surface area contributed by atoms with Gasteiger partial charge in [-0.2, -0.15) is 0 Å². The number of anilines is 1. The summed E-state index contributed by atoms with van der Waals surface area (Å²) in [5.41, 5.74) is -0.741. The van der Waals surface area contributed by atoms with Gasteiger partial charge < -0.3 is 19.9 Å². The number of aryl methyl sites for hydroxylation is 2. The van der Waals surface area contributed by atoms with Crippen LogP contribution in [0.2, 0.25) is 0 Å². The highest BCUT2D eigenvalue weighted by molar-refractivity contribution is 7.10. The molecule has 5 rings (SSSR count). The van der Waals surface area contributed by atoms with Crippen LogP contribution in [0.1, 0.15) is 49.3 Å². The second-order valence-corrected chi connectivity index (χ2v) is 9.20. The first kappa shape index (κ1) is 21.3. The number of thiophene rings is 1. The first-order chi connectivity index (χ1) is 15.8. The van der Waals surface area contributed by atoms with Gasteiger partial charge in [0.1, 0.15) is 17.2 Å². The normalized spacial score (nSPS) is 16.8. The number of carbonyl (C=O) groups is 2. The van der Waals surface area contributed by atoms with Gasteiger partial charge >= 0.3 is 0 Å². The van der Waals surface area contributed by atoms with Crippen molar-refractivity contribution < 1.29 is 23.5 Å². The summed E-state index contributed by atoms with van der Waals surface area (Å²) < 4.78 is 29.7. The topological polar surface area (TPSA) is 91.6 Å². The number of amides is 2. The lowest BCUT2D eigenvalue weighted by molar-refractivity contribution is 0.0929. The lowest BCUT2D eigenvalue weighted by atomic mass is 10.1. The molecule has 2 aliphatic heterocycles. The fraction of sp³-hybridized carbons (Fsp3) is 0.261. The zero-order valence-corrected chi connectivity index (χ0v) is 18.3. The minimum Gasteiger partial charge on any atom is -0.503 e. The Kier molecular flexibility index (Phi) is 5.04. The average molecular weight is 471 g/mol. The highest BCUT2D eigenvalue weighted by Crippen LogP contribution is 2.39. The van der Waals surface area contributed by atoms with Gasteiger partial charge in [-0.25, -0.2) is 8.78 Å². The van der Waals surface area contributed by atoms with Crippen molar-refractivity contribution >= 4 is 28.8 Å². The van der Waals surface area contributed by atoms with Crippen molar-refractivity contribution in [3.05, 3.63) is 78.9 Å².